The van der Waals surface area contributed by atoms with Gasteiger partial charge in [0.25, 0.3) is 5.91 Å². The number of amides is 1. The Balaban J connectivity index is 1.96. The molecule has 0 bridgehead atoms. The lowest BCUT2D eigenvalue weighted by atomic mass is 9.86. The van der Waals surface area contributed by atoms with Crippen molar-refractivity contribution in [3.8, 4) is 5.75 Å². The van der Waals surface area contributed by atoms with Crippen LogP contribution in [0.25, 0.3) is 0 Å². The molecule has 0 radical (unpaired) electrons. The first-order valence-corrected chi connectivity index (χ1v) is 10.1. The first-order valence-electron chi connectivity index (χ1n) is 10.1. The third-order valence-corrected chi connectivity index (χ3v) is 5.04. The summed E-state index contributed by atoms with van der Waals surface area (Å²) in [6.07, 6.45) is -0.559. The Morgan fingerprint density at radius 2 is 1.21 bits per heavy atom. The molecular formula is C25H35NO2. The van der Waals surface area contributed by atoms with Crippen molar-refractivity contribution < 1.29 is 9.53 Å². The number of carbonyl (C=O) groups is 1. The molecule has 0 aliphatic rings. The summed E-state index contributed by atoms with van der Waals surface area (Å²) in [5.41, 5.74) is 3.83. The van der Waals surface area contributed by atoms with E-state index >= 15 is 0 Å². The maximum atomic E-state index is 12.5. The number of hydrogen-bond acceptors (Lipinski definition) is 2. The van der Waals surface area contributed by atoms with Crippen LogP contribution < -0.4 is 10.1 Å². The van der Waals surface area contributed by atoms with Gasteiger partial charge in [0.2, 0.25) is 0 Å². The topological polar surface area (TPSA) is 38.3 Å². The highest BCUT2D eigenvalue weighted by Crippen LogP contribution is 2.25. The van der Waals surface area contributed by atoms with Gasteiger partial charge in [0.05, 0.1) is 6.04 Å². The standard InChI is InChI=1S/C25H35NO2/c1-17(19-9-11-20(12-10-19)24(3,4)5)26-23(27)18(2)28-22-15-13-21(14-16-22)25(6,7)8/h9-18H,1-8H3,(H,26,27)/t17-,18+/m0/s1. The van der Waals surface area contributed by atoms with Gasteiger partial charge in [-0.15, -0.1) is 0 Å². The second kappa shape index (κ2) is 8.38. The lowest BCUT2D eigenvalue weighted by molar-refractivity contribution is -0.127. The molecule has 0 heterocycles. The minimum absolute atomic E-state index is 0.0733. The van der Waals surface area contributed by atoms with Gasteiger partial charge in [0, 0.05) is 0 Å². The molecule has 0 fully saturated rings. The monoisotopic (exact) mass is 381 g/mol. The van der Waals surface area contributed by atoms with Crippen LogP contribution in [0.3, 0.4) is 0 Å². The van der Waals surface area contributed by atoms with E-state index in [-0.39, 0.29) is 22.8 Å². The van der Waals surface area contributed by atoms with E-state index in [0.29, 0.717) is 5.75 Å². The molecule has 28 heavy (non-hydrogen) atoms. The van der Waals surface area contributed by atoms with Crippen LogP contribution in [0, 0.1) is 0 Å². The Morgan fingerprint density at radius 1 is 0.786 bits per heavy atom. The molecule has 2 rings (SSSR count). The van der Waals surface area contributed by atoms with Crippen LogP contribution in [0.1, 0.15) is 78.1 Å². The van der Waals surface area contributed by atoms with Crippen LogP contribution in [-0.2, 0) is 15.6 Å². The third kappa shape index (κ3) is 5.85. The average Bonchev–Trinajstić information content (AvgIpc) is 2.60. The average molecular weight is 382 g/mol. The predicted molar refractivity (Wildman–Crippen MR) is 117 cm³/mol. The molecule has 3 nitrogen and oxygen atoms in total. The lowest BCUT2D eigenvalue weighted by Crippen LogP contribution is -2.37. The zero-order chi connectivity index (χ0) is 21.1. The van der Waals surface area contributed by atoms with Gasteiger partial charge >= 0.3 is 0 Å². The summed E-state index contributed by atoms with van der Waals surface area (Å²) in [6, 6.07) is 16.3. The molecule has 2 aromatic rings. The number of ether oxygens (including phenoxy) is 1. The molecule has 0 aromatic heterocycles. The molecule has 3 heteroatoms. The number of carbonyl (C=O) groups excluding carboxylic acids is 1. The number of benzene rings is 2. The van der Waals surface area contributed by atoms with Gasteiger partial charge in [-0.1, -0.05) is 77.9 Å². The zero-order valence-corrected chi connectivity index (χ0v) is 18.6. The lowest BCUT2D eigenvalue weighted by Gasteiger charge is -2.22. The molecule has 0 aliphatic heterocycles. The molecule has 0 unspecified atom stereocenters. The summed E-state index contributed by atoms with van der Waals surface area (Å²) in [6.45, 7) is 16.9. The number of hydrogen-bond donors (Lipinski definition) is 1. The van der Waals surface area contributed by atoms with Gasteiger partial charge in [-0.2, -0.15) is 0 Å². The Hall–Kier alpha value is -2.29. The highest BCUT2D eigenvalue weighted by Gasteiger charge is 2.19. The SMILES string of the molecule is C[C@H](NC(=O)[C@@H](C)Oc1ccc(C(C)(C)C)cc1)c1ccc(C(C)(C)C)cc1. The molecule has 0 spiro atoms. The van der Waals surface area contributed by atoms with E-state index in [1.807, 2.05) is 19.1 Å². The Bertz CT molecular complexity index is 777. The van der Waals surface area contributed by atoms with Crippen molar-refractivity contribution >= 4 is 5.91 Å². The largest absolute Gasteiger partial charge is 0.481 e. The number of rotatable bonds is 5. The molecular weight excluding hydrogens is 346 g/mol. The Kier molecular flexibility index (Phi) is 6.59. The number of nitrogens with one attached hydrogen (secondary N) is 1. The van der Waals surface area contributed by atoms with Crippen LogP contribution in [0.4, 0.5) is 0 Å². The van der Waals surface area contributed by atoms with E-state index in [0.717, 1.165) is 5.56 Å². The van der Waals surface area contributed by atoms with Gasteiger partial charge in [-0.25, -0.2) is 0 Å². The maximum Gasteiger partial charge on any atom is 0.261 e. The molecule has 0 saturated heterocycles. The Labute approximate surface area is 170 Å². The minimum Gasteiger partial charge on any atom is -0.481 e. The van der Waals surface area contributed by atoms with E-state index in [4.69, 9.17) is 4.74 Å². The first kappa shape index (κ1) is 22.0. The second-order valence-electron chi connectivity index (χ2n) is 9.64. The van der Waals surface area contributed by atoms with Gasteiger partial charge in [-0.3, -0.25) is 4.79 Å². The van der Waals surface area contributed by atoms with Crippen molar-refractivity contribution in [3.63, 3.8) is 0 Å². The molecule has 152 valence electrons. The second-order valence-corrected chi connectivity index (χ2v) is 9.64. The molecule has 0 aliphatic carbocycles. The van der Waals surface area contributed by atoms with Crippen LogP contribution in [0.5, 0.6) is 5.75 Å². The van der Waals surface area contributed by atoms with E-state index in [2.05, 4.69) is 83.3 Å². The van der Waals surface area contributed by atoms with Crippen molar-refractivity contribution in [1.29, 1.82) is 0 Å². The smallest absolute Gasteiger partial charge is 0.261 e. The summed E-state index contributed by atoms with van der Waals surface area (Å²) >= 11 is 0. The fraction of sp³-hybridized carbons (Fsp3) is 0.480. The summed E-state index contributed by atoms with van der Waals surface area (Å²) in [4.78, 5) is 12.5. The zero-order valence-electron chi connectivity index (χ0n) is 18.6. The van der Waals surface area contributed by atoms with Crippen LogP contribution in [-0.4, -0.2) is 12.0 Å². The predicted octanol–water partition coefficient (Wildman–Crippen LogP) is 5.93. The normalized spacial score (nSPS) is 14.3. The first-order chi connectivity index (χ1) is 12.9. The Morgan fingerprint density at radius 3 is 1.64 bits per heavy atom. The van der Waals surface area contributed by atoms with Crippen LogP contribution in [0.2, 0.25) is 0 Å². The van der Waals surface area contributed by atoms with E-state index < -0.39 is 6.10 Å². The van der Waals surface area contributed by atoms with Gasteiger partial charge in [0.15, 0.2) is 6.10 Å². The van der Waals surface area contributed by atoms with Crippen LogP contribution in [0.15, 0.2) is 48.5 Å². The quantitative estimate of drug-likeness (QED) is 0.697. The van der Waals surface area contributed by atoms with E-state index in [9.17, 15) is 4.79 Å². The van der Waals surface area contributed by atoms with Gasteiger partial charge in [0.1, 0.15) is 5.75 Å². The van der Waals surface area contributed by atoms with Crippen molar-refractivity contribution in [2.45, 2.75) is 78.4 Å². The maximum absolute atomic E-state index is 12.5. The van der Waals surface area contributed by atoms with Gasteiger partial charge in [-0.05, 0) is 53.5 Å². The van der Waals surface area contributed by atoms with Gasteiger partial charge < -0.3 is 10.1 Å². The molecule has 1 N–H and O–H groups in total. The molecule has 0 saturated carbocycles. The van der Waals surface area contributed by atoms with Crippen molar-refractivity contribution in [2.24, 2.45) is 0 Å². The summed E-state index contributed by atoms with van der Waals surface area (Å²) in [7, 11) is 0. The molecule has 1 amide bonds. The third-order valence-electron chi connectivity index (χ3n) is 5.04. The summed E-state index contributed by atoms with van der Waals surface area (Å²) in [5.74, 6) is 0.588. The minimum atomic E-state index is -0.559. The van der Waals surface area contributed by atoms with Crippen molar-refractivity contribution in [1.82, 2.24) is 5.32 Å². The fourth-order valence-electron chi connectivity index (χ4n) is 2.98. The summed E-state index contributed by atoms with van der Waals surface area (Å²) in [5, 5.41) is 3.05. The molecule has 2 atom stereocenters. The molecule has 2 aromatic carbocycles. The fourth-order valence-corrected chi connectivity index (χ4v) is 2.98. The van der Waals surface area contributed by atoms with E-state index in [1.165, 1.54) is 11.1 Å². The van der Waals surface area contributed by atoms with Crippen molar-refractivity contribution in [3.05, 3.63) is 65.2 Å². The van der Waals surface area contributed by atoms with Crippen molar-refractivity contribution in [2.75, 3.05) is 0 Å². The van der Waals surface area contributed by atoms with Crippen LogP contribution >= 0.6 is 0 Å². The summed E-state index contributed by atoms with van der Waals surface area (Å²) < 4.78 is 5.83. The highest BCUT2D eigenvalue weighted by molar-refractivity contribution is 5.81. The van der Waals surface area contributed by atoms with E-state index in [1.54, 1.807) is 6.92 Å². The highest BCUT2D eigenvalue weighted by atomic mass is 16.5.